The van der Waals surface area contributed by atoms with Gasteiger partial charge in [-0.2, -0.15) is 0 Å². The van der Waals surface area contributed by atoms with Crippen LogP contribution in [0.1, 0.15) is 12.5 Å². The number of ether oxygens (including phenoxy) is 1. The van der Waals surface area contributed by atoms with Gasteiger partial charge in [-0.15, -0.1) is 0 Å². The maximum Gasteiger partial charge on any atom is 0.310 e. The van der Waals surface area contributed by atoms with Crippen molar-refractivity contribution in [2.75, 3.05) is 6.61 Å². The smallest absolute Gasteiger partial charge is 0.310 e. The summed E-state index contributed by atoms with van der Waals surface area (Å²) in [5.74, 6) is -3.10. The van der Waals surface area contributed by atoms with Gasteiger partial charge in [-0.3, -0.25) is 4.79 Å². The molecule has 0 heterocycles. The molecular formula is C10H10F2O3. The first-order chi connectivity index (χ1) is 7.04. The summed E-state index contributed by atoms with van der Waals surface area (Å²) in [7, 11) is 0. The number of rotatable bonds is 3. The van der Waals surface area contributed by atoms with Crippen molar-refractivity contribution in [2.24, 2.45) is 0 Å². The predicted octanol–water partition coefficient (Wildman–Crippen LogP) is 1.78. The highest BCUT2D eigenvalue weighted by Gasteiger charge is 2.14. The van der Waals surface area contributed by atoms with E-state index >= 15 is 0 Å². The van der Waals surface area contributed by atoms with E-state index in [1.807, 2.05) is 0 Å². The van der Waals surface area contributed by atoms with E-state index in [2.05, 4.69) is 4.74 Å². The number of hydrogen-bond acceptors (Lipinski definition) is 3. The molecule has 0 aliphatic rings. The van der Waals surface area contributed by atoms with Crippen molar-refractivity contribution in [1.82, 2.24) is 0 Å². The van der Waals surface area contributed by atoms with Crippen LogP contribution in [0, 0.1) is 11.6 Å². The third-order valence-electron chi connectivity index (χ3n) is 1.76. The number of benzene rings is 1. The van der Waals surface area contributed by atoms with Crippen LogP contribution < -0.4 is 0 Å². The molecule has 0 saturated carbocycles. The first-order valence-electron chi connectivity index (χ1n) is 4.37. The summed E-state index contributed by atoms with van der Waals surface area (Å²) in [5.41, 5.74) is -0.255. The first kappa shape index (κ1) is 11.4. The van der Waals surface area contributed by atoms with Gasteiger partial charge in [-0.05, 0) is 6.92 Å². The van der Waals surface area contributed by atoms with Crippen LogP contribution in [0.25, 0.3) is 0 Å². The number of aromatic hydroxyl groups is 1. The van der Waals surface area contributed by atoms with Gasteiger partial charge in [0.1, 0.15) is 17.4 Å². The van der Waals surface area contributed by atoms with Crippen LogP contribution in [-0.2, 0) is 16.0 Å². The zero-order valence-electron chi connectivity index (χ0n) is 8.09. The topological polar surface area (TPSA) is 46.5 Å². The molecule has 0 aliphatic heterocycles. The lowest BCUT2D eigenvalue weighted by molar-refractivity contribution is -0.142. The van der Waals surface area contributed by atoms with Gasteiger partial charge in [-0.1, -0.05) is 0 Å². The van der Waals surface area contributed by atoms with Crippen LogP contribution in [0.2, 0.25) is 0 Å². The Morgan fingerprint density at radius 3 is 2.67 bits per heavy atom. The van der Waals surface area contributed by atoms with Crippen LogP contribution >= 0.6 is 0 Å². The van der Waals surface area contributed by atoms with Gasteiger partial charge in [0, 0.05) is 17.7 Å². The molecule has 1 rings (SSSR count). The Morgan fingerprint density at radius 1 is 1.47 bits per heavy atom. The molecule has 1 N–H and O–H groups in total. The molecule has 0 aromatic heterocycles. The van der Waals surface area contributed by atoms with E-state index in [4.69, 9.17) is 0 Å². The standard InChI is InChI=1S/C10H10F2O3/c1-2-15-10(14)5-7-8(12)3-6(11)4-9(7)13/h3-4,13H,2,5H2,1H3. The highest BCUT2D eigenvalue weighted by atomic mass is 19.1. The fraction of sp³-hybridized carbons (Fsp3) is 0.300. The van der Waals surface area contributed by atoms with Gasteiger partial charge < -0.3 is 9.84 Å². The van der Waals surface area contributed by atoms with Gasteiger partial charge in [0.2, 0.25) is 0 Å². The van der Waals surface area contributed by atoms with E-state index in [1.54, 1.807) is 6.92 Å². The normalized spacial score (nSPS) is 10.1. The van der Waals surface area contributed by atoms with Gasteiger partial charge in [0.25, 0.3) is 0 Å². The highest BCUT2D eigenvalue weighted by molar-refractivity contribution is 5.73. The third kappa shape index (κ3) is 2.90. The highest BCUT2D eigenvalue weighted by Crippen LogP contribution is 2.22. The Kier molecular flexibility index (Phi) is 3.60. The summed E-state index contributed by atoms with van der Waals surface area (Å²) in [6.45, 7) is 1.78. The molecule has 15 heavy (non-hydrogen) atoms. The summed E-state index contributed by atoms with van der Waals surface area (Å²) in [6, 6.07) is 1.35. The van der Waals surface area contributed by atoms with Gasteiger partial charge >= 0.3 is 5.97 Å². The lowest BCUT2D eigenvalue weighted by atomic mass is 10.1. The van der Waals surface area contributed by atoms with E-state index in [9.17, 15) is 18.7 Å². The average molecular weight is 216 g/mol. The quantitative estimate of drug-likeness (QED) is 0.783. The lowest BCUT2D eigenvalue weighted by Gasteiger charge is -2.05. The fourth-order valence-electron chi connectivity index (χ4n) is 1.12. The monoisotopic (exact) mass is 216 g/mol. The zero-order chi connectivity index (χ0) is 11.4. The van der Waals surface area contributed by atoms with Crippen LogP contribution in [0.15, 0.2) is 12.1 Å². The molecule has 3 nitrogen and oxygen atoms in total. The molecule has 1 aromatic rings. The van der Waals surface area contributed by atoms with E-state index in [-0.39, 0.29) is 12.2 Å². The third-order valence-corrected chi connectivity index (χ3v) is 1.76. The second-order valence-corrected chi connectivity index (χ2v) is 2.87. The molecule has 5 heteroatoms. The number of hydrogen-bond donors (Lipinski definition) is 1. The predicted molar refractivity (Wildman–Crippen MR) is 48.4 cm³/mol. The Hall–Kier alpha value is -1.65. The molecule has 0 radical (unpaired) electrons. The van der Waals surface area contributed by atoms with Crippen molar-refractivity contribution < 1.29 is 23.4 Å². The van der Waals surface area contributed by atoms with E-state index < -0.39 is 29.8 Å². The Bertz CT molecular complexity index is 354. The molecule has 82 valence electrons. The average Bonchev–Trinajstić information content (AvgIpc) is 2.11. The van der Waals surface area contributed by atoms with Crippen molar-refractivity contribution in [3.8, 4) is 5.75 Å². The van der Waals surface area contributed by atoms with E-state index in [0.717, 1.165) is 6.07 Å². The summed E-state index contributed by atoms with van der Waals surface area (Å²) < 4.78 is 30.3. The summed E-state index contributed by atoms with van der Waals surface area (Å²) in [6.07, 6.45) is -0.411. The SMILES string of the molecule is CCOC(=O)Cc1c(O)cc(F)cc1F. The minimum Gasteiger partial charge on any atom is -0.507 e. The maximum atomic E-state index is 13.1. The minimum atomic E-state index is -0.958. The molecule has 0 fully saturated rings. The molecule has 0 atom stereocenters. The van der Waals surface area contributed by atoms with Crippen molar-refractivity contribution in [3.05, 3.63) is 29.3 Å². The van der Waals surface area contributed by atoms with Gasteiger partial charge in [0.15, 0.2) is 0 Å². The van der Waals surface area contributed by atoms with E-state index in [1.165, 1.54) is 0 Å². The molecule has 0 aliphatic carbocycles. The molecule has 0 unspecified atom stereocenters. The van der Waals surface area contributed by atoms with Crippen LogP contribution in [0.4, 0.5) is 8.78 Å². The second-order valence-electron chi connectivity index (χ2n) is 2.87. The van der Waals surface area contributed by atoms with Crippen molar-refractivity contribution in [2.45, 2.75) is 13.3 Å². The largest absolute Gasteiger partial charge is 0.507 e. The lowest BCUT2D eigenvalue weighted by Crippen LogP contribution is -2.09. The molecule has 0 saturated heterocycles. The Labute approximate surface area is 85.3 Å². The van der Waals surface area contributed by atoms with Crippen LogP contribution in [-0.4, -0.2) is 17.7 Å². The number of carbonyl (C=O) groups excluding carboxylic acids is 1. The molecule has 0 spiro atoms. The number of halogens is 2. The second kappa shape index (κ2) is 4.72. The molecule has 0 bridgehead atoms. The van der Waals surface area contributed by atoms with Crippen molar-refractivity contribution in [1.29, 1.82) is 0 Å². The number of carbonyl (C=O) groups is 1. The molecule has 0 amide bonds. The first-order valence-corrected chi connectivity index (χ1v) is 4.37. The molecule has 1 aromatic carbocycles. The van der Waals surface area contributed by atoms with Crippen LogP contribution in [0.5, 0.6) is 5.75 Å². The summed E-state index contributed by atoms with van der Waals surface area (Å²) in [5, 5.41) is 9.20. The number of esters is 1. The van der Waals surface area contributed by atoms with Gasteiger partial charge in [-0.25, -0.2) is 8.78 Å². The summed E-state index contributed by atoms with van der Waals surface area (Å²) >= 11 is 0. The van der Waals surface area contributed by atoms with Crippen LogP contribution in [0.3, 0.4) is 0 Å². The van der Waals surface area contributed by atoms with E-state index in [0.29, 0.717) is 6.07 Å². The zero-order valence-corrected chi connectivity index (χ0v) is 8.09. The molecular weight excluding hydrogens is 206 g/mol. The number of phenols is 1. The Balaban J connectivity index is 2.90. The summed E-state index contributed by atoms with van der Waals surface area (Å²) in [4.78, 5) is 11.0. The van der Waals surface area contributed by atoms with Crippen molar-refractivity contribution in [3.63, 3.8) is 0 Å². The fourth-order valence-corrected chi connectivity index (χ4v) is 1.12. The maximum absolute atomic E-state index is 13.1. The van der Waals surface area contributed by atoms with Crippen molar-refractivity contribution >= 4 is 5.97 Å². The Morgan fingerprint density at radius 2 is 2.13 bits per heavy atom. The van der Waals surface area contributed by atoms with Gasteiger partial charge in [0.05, 0.1) is 13.0 Å². The minimum absolute atomic E-state index is 0.169. The number of phenolic OH excluding ortho intramolecular Hbond substituents is 1.